The molecule has 24 heavy (non-hydrogen) atoms. The smallest absolute Gasteiger partial charge is 0.231 e. The first-order valence-electron chi connectivity index (χ1n) is 6.69. The minimum atomic E-state index is -0.646. The predicted molar refractivity (Wildman–Crippen MR) is 85.5 cm³/mol. The van der Waals surface area contributed by atoms with Crippen LogP contribution in [0.5, 0.6) is 11.5 Å². The number of nitrogens with zero attached hydrogens (tertiary/aromatic N) is 3. The number of rotatable bonds is 5. The van der Waals surface area contributed by atoms with Gasteiger partial charge in [0.1, 0.15) is 5.69 Å². The number of benzene rings is 2. The maximum absolute atomic E-state index is 10.7. The van der Waals surface area contributed by atoms with Crippen LogP contribution in [0.15, 0.2) is 41.5 Å². The van der Waals surface area contributed by atoms with E-state index in [1.165, 1.54) is 18.3 Å². The molecular formula is C14H12N4O6-2. The van der Waals surface area contributed by atoms with Gasteiger partial charge in [0.15, 0.2) is 11.5 Å². The number of nitrogens with one attached hydrogen (secondary N) is 1. The van der Waals surface area contributed by atoms with Crippen LogP contribution in [0, 0.1) is 10.4 Å². The van der Waals surface area contributed by atoms with E-state index >= 15 is 0 Å². The molecule has 0 radical (unpaired) electrons. The van der Waals surface area contributed by atoms with Crippen LogP contribution in [0.3, 0.4) is 0 Å². The standard InChI is InChI=1S/C14H12N4O6/c19-17(20)10-2-3-11(12(6-10)18(21)22)16-15-7-9-1-4-13-14(5-9)24-8-23-13/h1-7,16,21-22H,8H2/q-2. The van der Waals surface area contributed by atoms with Gasteiger partial charge in [0, 0.05) is 5.69 Å². The fourth-order valence-electron chi connectivity index (χ4n) is 2.06. The van der Waals surface area contributed by atoms with E-state index in [-0.39, 0.29) is 29.1 Å². The highest BCUT2D eigenvalue weighted by Crippen LogP contribution is 2.32. The minimum Gasteiger partial charge on any atom is -0.769 e. The second-order valence-corrected chi connectivity index (χ2v) is 4.73. The minimum absolute atomic E-state index is 0.169. The lowest BCUT2D eigenvalue weighted by Crippen LogP contribution is -2.14. The molecule has 0 fully saturated rings. The largest absolute Gasteiger partial charge is 0.769 e. The van der Waals surface area contributed by atoms with E-state index in [0.29, 0.717) is 11.5 Å². The molecule has 2 aromatic carbocycles. The fourth-order valence-corrected chi connectivity index (χ4v) is 2.06. The first kappa shape index (κ1) is 15.8. The molecule has 1 heterocycles. The normalized spacial score (nSPS) is 12.5. The molecule has 0 saturated carbocycles. The summed E-state index contributed by atoms with van der Waals surface area (Å²) in [5, 5.41) is 42.9. The summed E-state index contributed by atoms with van der Waals surface area (Å²) < 4.78 is 10.5. The lowest BCUT2D eigenvalue weighted by molar-refractivity contribution is 0.0295. The quantitative estimate of drug-likeness (QED) is 0.556. The van der Waals surface area contributed by atoms with Crippen LogP contribution >= 0.6 is 0 Å². The molecular weight excluding hydrogens is 320 g/mol. The number of ether oxygens (including phenoxy) is 2. The molecule has 10 heteroatoms. The molecule has 0 unspecified atom stereocenters. The fraction of sp³-hybridized carbons (Fsp3) is 0.0714. The summed E-state index contributed by atoms with van der Waals surface area (Å²) >= 11 is 0. The van der Waals surface area contributed by atoms with Crippen LogP contribution in [0.4, 0.5) is 17.1 Å². The van der Waals surface area contributed by atoms with Gasteiger partial charge in [-0.25, -0.2) is 0 Å². The van der Waals surface area contributed by atoms with Crippen molar-refractivity contribution in [3.05, 3.63) is 52.4 Å². The van der Waals surface area contributed by atoms with Crippen molar-refractivity contribution in [2.45, 2.75) is 0 Å². The second kappa shape index (κ2) is 6.60. The van der Waals surface area contributed by atoms with Gasteiger partial charge in [0.2, 0.25) is 6.79 Å². The van der Waals surface area contributed by atoms with E-state index in [1.54, 1.807) is 18.2 Å². The molecule has 1 aliphatic heterocycles. The topological polar surface area (TPSA) is 136 Å². The Hall–Kier alpha value is -3.05. The summed E-state index contributed by atoms with van der Waals surface area (Å²) in [4.78, 5) is 0. The average Bonchev–Trinajstić information content (AvgIpc) is 3.02. The van der Waals surface area contributed by atoms with Gasteiger partial charge >= 0.3 is 0 Å². The number of hydrogen-bond donors (Lipinski definition) is 3. The van der Waals surface area contributed by atoms with E-state index in [4.69, 9.17) is 9.47 Å². The summed E-state index contributed by atoms with van der Waals surface area (Å²) in [6.07, 6.45) is 1.48. The van der Waals surface area contributed by atoms with E-state index in [0.717, 1.165) is 11.6 Å². The molecule has 0 amide bonds. The van der Waals surface area contributed by atoms with E-state index < -0.39 is 5.23 Å². The Morgan fingerprint density at radius 2 is 1.88 bits per heavy atom. The Kier molecular flexibility index (Phi) is 4.35. The van der Waals surface area contributed by atoms with Gasteiger partial charge in [0.05, 0.1) is 11.9 Å². The summed E-state index contributed by atoms with van der Waals surface area (Å²) in [7, 11) is 0. The lowest BCUT2D eigenvalue weighted by atomic mass is 10.2. The van der Waals surface area contributed by atoms with E-state index in [2.05, 4.69) is 10.5 Å². The van der Waals surface area contributed by atoms with Crippen molar-refractivity contribution in [3.8, 4) is 11.5 Å². The Morgan fingerprint density at radius 1 is 1.08 bits per heavy atom. The van der Waals surface area contributed by atoms with Crippen molar-refractivity contribution >= 4 is 23.3 Å². The summed E-state index contributed by atoms with van der Waals surface area (Å²) in [6, 6.07) is 8.76. The molecule has 0 saturated heterocycles. The molecule has 1 aliphatic rings. The predicted octanol–water partition coefficient (Wildman–Crippen LogP) is 2.25. The van der Waals surface area contributed by atoms with Crippen molar-refractivity contribution in [1.29, 1.82) is 0 Å². The molecule has 3 N–H and O–H groups in total. The summed E-state index contributed by atoms with van der Waals surface area (Å²) in [6.45, 7) is 0.170. The molecule has 0 aliphatic carbocycles. The Morgan fingerprint density at radius 3 is 2.62 bits per heavy atom. The SMILES string of the molecule is [O-]N([O-])c1ccc(NN=Cc2ccc3c(c2)OCO3)c(N(O)O)c1. The van der Waals surface area contributed by atoms with Crippen LogP contribution in [0.25, 0.3) is 0 Å². The molecule has 0 atom stereocenters. The molecule has 2 aromatic rings. The van der Waals surface area contributed by atoms with Crippen molar-refractivity contribution in [3.63, 3.8) is 0 Å². The van der Waals surface area contributed by atoms with Crippen LogP contribution in [-0.2, 0) is 0 Å². The third kappa shape index (κ3) is 3.31. The third-order valence-electron chi connectivity index (χ3n) is 3.20. The van der Waals surface area contributed by atoms with Crippen molar-refractivity contribution in [2.75, 3.05) is 22.7 Å². The Bertz CT molecular complexity index is 765. The molecule has 0 bridgehead atoms. The number of fused-ring (bicyclic) bond motifs is 1. The average molecular weight is 332 g/mol. The lowest BCUT2D eigenvalue weighted by Gasteiger charge is -2.37. The third-order valence-corrected chi connectivity index (χ3v) is 3.20. The zero-order chi connectivity index (χ0) is 17.1. The zero-order valence-electron chi connectivity index (χ0n) is 12.1. The first-order chi connectivity index (χ1) is 11.5. The second-order valence-electron chi connectivity index (χ2n) is 4.73. The van der Waals surface area contributed by atoms with Gasteiger partial charge in [-0.15, -0.1) is 5.23 Å². The monoisotopic (exact) mass is 332 g/mol. The Balaban J connectivity index is 1.76. The summed E-state index contributed by atoms with van der Waals surface area (Å²) in [5.41, 5.74) is 2.98. The van der Waals surface area contributed by atoms with Crippen molar-refractivity contribution in [1.82, 2.24) is 0 Å². The molecule has 10 nitrogen and oxygen atoms in total. The highest BCUT2D eigenvalue weighted by molar-refractivity contribution is 5.82. The molecule has 126 valence electrons. The Labute approximate surface area is 135 Å². The van der Waals surface area contributed by atoms with Gasteiger partial charge < -0.3 is 25.1 Å². The first-order valence-corrected chi connectivity index (χ1v) is 6.69. The molecule has 3 rings (SSSR count). The highest BCUT2D eigenvalue weighted by Gasteiger charge is 2.12. The summed E-state index contributed by atoms with van der Waals surface area (Å²) in [5.74, 6) is 1.25. The molecule has 0 spiro atoms. The number of hydrogen-bond acceptors (Lipinski definition) is 10. The van der Waals surface area contributed by atoms with Crippen molar-refractivity contribution < 1.29 is 19.9 Å². The number of hydrazone groups is 1. The van der Waals surface area contributed by atoms with E-state index in [9.17, 15) is 20.8 Å². The van der Waals surface area contributed by atoms with Crippen LogP contribution in [-0.4, -0.2) is 23.4 Å². The van der Waals surface area contributed by atoms with Crippen LogP contribution < -0.4 is 25.4 Å². The van der Waals surface area contributed by atoms with Gasteiger partial charge in [-0.05, 0) is 42.0 Å². The van der Waals surface area contributed by atoms with Gasteiger partial charge in [-0.1, -0.05) is 0 Å². The maximum Gasteiger partial charge on any atom is 0.231 e. The maximum atomic E-state index is 10.7. The van der Waals surface area contributed by atoms with E-state index in [1.807, 2.05) is 0 Å². The van der Waals surface area contributed by atoms with Crippen LogP contribution in [0.1, 0.15) is 5.56 Å². The van der Waals surface area contributed by atoms with Crippen molar-refractivity contribution in [2.24, 2.45) is 5.10 Å². The van der Waals surface area contributed by atoms with Gasteiger partial charge in [-0.3, -0.25) is 15.8 Å². The molecule has 0 aromatic heterocycles. The highest BCUT2D eigenvalue weighted by atomic mass is 16.8. The zero-order valence-corrected chi connectivity index (χ0v) is 12.1. The van der Waals surface area contributed by atoms with Crippen LogP contribution in [0.2, 0.25) is 0 Å². The van der Waals surface area contributed by atoms with Gasteiger partial charge in [0.25, 0.3) is 0 Å². The number of anilines is 3. The van der Waals surface area contributed by atoms with Gasteiger partial charge in [-0.2, -0.15) is 5.10 Å².